The Kier molecular flexibility index (Phi) is 2.88. The molecule has 0 saturated carbocycles. The fourth-order valence-electron chi connectivity index (χ4n) is 1.02. The summed E-state index contributed by atoms with van der Waals surface area (Å²) in [4.78, 5) is 11.7. The molecular weight excluding hydrogens is 160 g/mol. The molecule has 0 radical (unpaired) electrons. The minimum atomic E-state index is -0.162. The Morgan fingerprint density at radius 3 is 2.73 bits per heavy atom. The zero-order chi connectivity index (χ0) is 8.27. The van der Waals surface area contributed by atoms with E-state index >= 15 is 0 Å². The fraction of sp³-hybridized carbons (Fsp3) is 0.625. The van der Waals surface area contributed by atoms with Gasteiger partial charge in [0.25, 0.3) is 0 Å². The monoisotopic (exact) mass is 172 g/mol. The minimum Gasteiger partial charge on any atom is -0.419 e. The van der Waals surface area contributed by atoms with E-state index in [0.717, 1.165) is 29.9 Å². The first-order valence-corrected chi connectivity index (χ1v) is 4.71. The summed E-state index contributed by atoms with van der Waals surface area (Å²) in [5.41, 5.74) is 0. The van der Waals surface area contributed by atoms with Crippen LogP contribution in [0, 0.1) is 0 Å². The highest BCUT2D eigenvalue weighted by Gasteiger charge is 2.06. The predicted octanol–water partition coefficient (Wildman–Crippen LogP) is 2.22. The van der Waals surface area contributed by atoms with E-state index in [1.165, 1.54) is 11.3 Å². The third kappa shape index (κ3) is 1.93. The smallest absolute Gasteiger partial charge is 0.395 e. The Morgan fingerprint density at radius 1 is 1.45 bits per heavy atom. The van der Waals surface area contributed by atoms with Gasteiger partial charge in [-0.2, -0.15) is 0 Å². The number of hydrogen-bond acceptors (Lipinski definition) is 3. The summed E-state index contributed by atoms with van der Waals surface area (Å²) >= 11 is 1.23. The van der Waals surface area contributed by atoms with E-state index in [1.807, 2.05) is 6.92 Å². The summed E-state index contributed by atoms with van der Waals surface area (Å²) in [6.07, 6.45) is 2.83. The van der Waals surface area contributed by atoms with Crippen molar-refractivity contribution in [1.29, 1.82) is 0 Å². The summed E-state index contributed by atoms with van der Waals surface area (Å²) in [5, 5.41) is 0. The van der Waals surface area contributed by atoms with Crippen LogP contribution in [0.2, 0.25) is 0 Å². The zero-order valence-electron chi connectivity index (χ0n) is 6.85. The summed E-state index contributed by atoms with van der Waals surface area (Å²) in [5.74, 6) is 0.894. The molecule has 0 unspecified atom stereocenters. The van der Waals surface area contributed by atoms with E-state index < -0.39 is 0 Å². The molecular formula is C8H12O2S. The normalized spacial score (nSPS) is 10.4. The SMILES string of the molecule is CCCc1oc(=O)sc1CC. The molecule has 0 saturated heterocycles. The first-order valence-electron chi connectivity index (χ1n) is 3.89. The molecule has 0 N–H and O–H groups in total. The van der Waals surface area contributed by atoms with Crippen LogP contribution in [0.15, 0.2) is 9.21 Å². The van der Waals surface area contributed by atoms with Crippen molar-refractivity contribution in [3.05, 3.63) is 20.4 Å². The van der Waals surface area contributed by atoms with Gasteiger partial charge in [0.2, 0.25) is 0 Å². The van der Waals surface area contributed by atoms with Crippen LogP contribution in [-0.4, -0.2) is 0 Å². The third-order valence-electron chi connectivity index (χ3n) is 1.52. The van der Waals surface area contributed by atoms with E-state index in [-0.39, 0.29) is 4.94 Å². The van der Waals surface area contributed by atoms with Crippen molar-refractivity contribution in [2.45, 2.75) is 33.1 Å². The molecule has 1 rings (SSSR count). The molecule has 1 heterocycles. The van der Waals surface area contributed by atoms with Crippen LogP contribution in [0.1, 0.15) is 30.9 Å². The molecule has 0 atom stereocenters. The predicted molar refractivity (Wildman–Crippen MR) is 46.2 cm³/mol. The van der Waals surface area contributed by atoms with E-state index in [9.17, 15) is 4.79 Å². The minimum absolute atomic E-state index is 0.162. The van der Waals surface area contributed by atoms with Crippen LogP contribution in [-0.2, 0) is 12.8 Å². The maximum Gasteiger partial charge on any atom is 0.395 e. The summed E-state index contributed by atoms with van der Waals surface area (Å²) < 4.78 is 5.01. The second-order valence-corrected chi connectivity index (χ2v) is 3.43. The van der Waals surface area contributed by atoms with Crippen LogP contribution in [0.5, 0.6) is 0 Å². The topological polar surface area (TPSA) is 30.2 Å². The Bertz CT molecular complexity index is 272. The molecule has 1 aromatic rings. The lowest BCUT2D eigenvalue weighted by molar-refractivity contribution is 0.476. The van der Waals surface area contributed by atoms with Crippen LogP contribution < -0.4 is 4.94 Å². The quantitative estimate of drug-likeness (QED) is 0.699. The van der Waals surface area contributed by atoms with Crippen molar-refractivity contribution in [2.75, 3.05) is 0 Å². The van der Waals surface area contributed by atoms with Crippen molar-refractivity contribution >= 4 is 11.3 Å². The second kappa shape index (κ2) is 3.72. The van der Waals surface area contributed by atoms with E-state index in [0.29, 0.717) is 0 Å². The second-order valence-electron chi connectivity index (χ2n) is 2.40. The van der Waals surface area contributed by atoms with Gasteiger partial charge >= 0.3 is 4.94 Å². The summed E-state index contributed by atoms with van der Waals surface area (Å²) in [6.45, 7) is 4.12. The van der Waals surface area contributed by atoms with Gasteiger partial charge in [0.05, 0.1) is 0 Å². The molecule has 3 heteroatoms. The summed E-state index contributed by atoms with van der Waals surface area (Å²) in [6, 6.07) is 0. The molecule has 1 aromatic heterocycles. The molecule has 62 valence electrons. The maximum absolute atomic E-state index is 10.8. The first kappa shape index (κ1) is 8.53. The van der Waals surface area contributed by atoms with Gasteiger partial charge in [-0.05, 0) is 12.8 Å². The van der Waals surface area contributed by atoms with E-state index in [1.54, 1.807) is 0 Å². The molecule has 0 spiro atoms. The highest BCUT2D eigenvalue weighted by Crippen LogP contribution is 2.14. The van der Waals surface area contributed by atoms with Gasteiger partial charge in [-0.3, -0.25) is 0 Å². The highest BCUT2D eigenvalue weighted by molar-refractivity contribution is 7.09. The molecule has 0 aliphatic rings. The van der Waals surface area contributed by atoms with Crippen molar-refractivity contribution in [1.82, 2.24) is 0 Å². The lowest BCUT2D eigenvalue weighted by Crippen LogP contribution is -1.86. The van der Waals surface area contributed by atoms with Gasteiger partial charge in [-0.15, -0.1) is 0 Å². The molecule has 2 nitrogen and oxygen atoms in total. The molecule has 0 aliphatic heterocycles. The Balaban J connectivity index is 2.92. The molecule has 0 fully saturated rings. The van der Waals surface area contributed by atoms with Crippen molar-refractivity contribution in [3.8, 4) is 0 Å². The Morgan fingerprint density at radius 2 is 2.18 bits per heavy atom. The molecule has 0 aliphatic carbocycles. The fourth-order valence-corrected chi connectivity index (χ4v) is 1.77. The Labute approximate surface area is 69.9 Å². The third-order valence-corrected chi connectivity index (χ3v) is 2.53. The average Bonchev–Trinajstić information content (AvgIpc) is 2.32. The maximum atomic E-state index is 10.8. The summed E-state index contributed by atoms with van der Waals surface area (Å²) in [7, 11) is 0. The van der Waals surface area contributed by atoms with Crippen molar-refractivity contribution in [3.63, 3.8) is 0 Å². The zero-order valence-corrected chi connectivity index (χ0v) is 7.66. The van der Waals surface area contributed by atoms with Crippen LogP contribution >= 0.6 is 11.3 Å². The standard InChI is InChI=1S/C8H12O2S/c1-3-5-6-7(4-2)11-8(9)10-6/h3-5H2,1-2H3. The molecule has 11 heavy (non-hydrogen) atoms. The van der Waals surface area contributed by atoms with Crippen LogP contribution in [0.4, 0.5) is 0 Å². The van der Waals surface area contributed by atoms with Gasteiger partial charge < -0.3 is 4.42 Å². The largest absolute Gasteiger partial charge is 0.419 e. The van der Waals surface area contributed by atoms with Crippen LogP contribution in [0.3, 0.4) is 0 Å². The molecule has 0 amide bonds. The van der Waals surface area contributed by atoms with Gasteiger partial charge in [0.1, 0.15) is 5.76 Å². The van der Waals surface area contributed by atoms with E-state index in [2.05, 4.69) is 6.92 Å². The van der Waals surface area contributed by atoms with Gasteiger partial charge in [0, 0.05) is 11.3 Å². The molecule has 0 bridgehead atoms. The van der Waals surface area contributed by atoms with Gasteiger partial charge in [-0.25, -0.2) is 4.79 Å². The Hall–Kier alpha value is -0.570. The van der Waals surface area contributed by atoms with Crippen molar-refractivity contribution < 1.29 is 4.42 Å². The highest BCUT2D eigenvalue weighted by atomic mass is 32.1. The number of aryl methyl sites for hydroxylation is 2. The number of hydrogen-bond donors (Lipinski definition) is 0. The number of rotatable bonds is 3. The average molecular weight is 172 g/mol. The lowest BCUT2D eigenvalue weighted by atomic mass is 10.2. The molecule has 0 aromatic carbocycles. The van der Waals surface area contributed by atoms with E-state index in [4.69, 9.17) is 4.42 Å². The van der Waals surface area contributed by atoms with Gasteiger partial charge in [0.15, 0.2) is 0 Å². The van der Waals surface area contributed by atoms with Crippen LogP contribution in [0.25, 0.3) is 0 Å². The lowest BCUT2D eigenvalue weighted by Gasteiger charge is -1.92. The first-order chi connectivity index (χ1) is 5.27. The van der Waals surface area contributed by atoms with Gasteiger partial charge in [-0.1, -0.05) is 25.2 Å². The van der Waals surface area contributed by atoms with Crippen molar-refractivity contribution in [2.24, 2.45) is 0 Å².